The molecule has 0 amide bonds. The van der Waals surface area contributed by atoms with E-state index >= 15 is 0 Å². The number of phenols is 1. The molecule has 2 aliphatic rings. The van der Waals surface area contributed by atoms with E-state index < -0.39 is 17.7 Å². The fourth-order valence-corrected chi connectivity index (χ4v) is 2.94. The Kier molecular flexibility index (Phi) is 3.83. The van der Waals surface area contributed by atoms with Gasteiger partial charge in [-0.1, -0.05) is 18.0 Å². The van der Waals surface area contributed by atoms with Crippen LogP contribution in [-0.4, -0.2) is 22.8 Å². The van der Waals surface area contributed by atoms with E-state index in [1.165, 1.54) is 24.3 Å². The molecule has 1 heterocycles. The molecule has 0 bridgehead atoms. The molecule has 6 heteroatoms. The highest BCUT2D eigenvalue weighted by Gasteiger charge is 2.46. The van der Waals surface area contributed by atoms with Crippen molar-refractivity contribution in [1.82, 2.24) is 0 Å². The number of aromatic hydroxyl groups is 1. The lowest BCUT2D eigenvalue weighted by molar-refractivity contribution is -0.244. The maximum atomic E-state index is 12.2. The Balaban J connectivity index is 1.89. The number of rotatable bonds is 1. The van der Waals surface area contributed by atoms with Crippen molar-refractivity contribution in [1.29, 1.82) is 0 Å². The largest absolute Gasteiger partial charge is 0.507 e. The van der Waals surface area contributed by atoms with Crippen molar-refractivity contribution in [2.75, 3.05) is 0 Å². The maximum absolute atomic E-state index is 12.2. The first-order valence-corrected chi connectivity index (χ1v) is 7.54. The molecule has 1 aliphatic heterocycles. The number of hydrogen-bond donors (Lipinski definition) is 1. The van der Waals surface area contributed by atoms with Crippen molar-refractivity contribution >= 4 is 29.6 Å². The topological polar surface area (TPSA) is 72.8 Å². The van der Waals surface area contributed by atoms with Gasteiger partial charge in [0.1, 0.15) is 11.3 Å². The number of ether oxygens (including phenoxy) is 2. The standard InChI is InChI=1S/C16H15ClO5/c17-11-4-5-13(18)10(8-11)9-12-14(19)21-16(22-15(12)20)6-2-1-3-7-16/h4-5,8-9,18H,1-3,6-7H2. The lowest BCUT2D eigenvalue weighted by Gasteiger charge is -2.38. The number of hydrogen-bond acceptors (Lipinski definition) is 5. The van der Waals surface area contributed by atoms with Gasteiger partial charge in [0.2, 0.25) is 0 Å². The summed E-state index contributed by atoms with van der Waals surface area (Å²) in [4.78, 5) is 24.3. The highest BCUT2D eigenvalue weighted by atomic mass is 35.5. The van der Waals surface area contributed by atoms with E-state index in [-0.39, 0.29) is 16.9 Å². The molecule has 5 nitrogen and oxygen atoms in total. The van der Waals surface area contributed by atoms with Crippen LogP contribution in [0.4, 0.5) is 0 Å². The van der Waals surface area contributed by atoms with Crippen molar-refractivity contribution in [3.05, 3.63) is 34.4 Å². The molecule has 1 aromatic carbocycles. The molecule has 1 aromatic rings. The van der Waals surface area contributed by atoms with Crippen LogP contribution in [0.15, 0.2) is 23.8 Å². The van der Waals surface area contributed by atoms with E-state index in [9.17, 15) is 14.7 Å². The van der Waals surface area contributed by atoms with Gasteiger partial charge in [0, 0.05) is 23.4 Å². The Morgan fingerprint density at radius 1 is 1.09 bits per heavy atom. The average Bonchev–Trinajstić information content (AvgIpc) is 2.47. The van der Waals surface area contributed by atoms with Gasteiger partial charge in [-0.25, -0.2) is 9.59 Å². The summed E-state index contributed by atoms with van der Waals surface area (Å²) in [6.45, 7) is 0. The van der Waals surface area contributed by atoms with Gasteiger partial charge in [-0.3, -0.25) is 0 Å². The van der Waals surface area contributed by atoms with Gasteiger partial charge in [0.25, 0.3) is 5.79 Å². The smallest absolute Gasteiger partial charge is 0.348 e. The van der Waals surface area contributed by atoms with Crippen LogP contribution in [0.1, 0.15) is 37.7 Å². The quantitative estimate of drug-likeness (QED) is 0.488. The molecular formula is C16H15ClO5. The Labute approximate surface area is 132 Å². The van der Waals surface area contributed by atoms with Crippen molar-refractivity contribution in [3.63, 3.8) is 0 Å². The van der Waals surface area contributed by atoms with E-state index in [1.807, 2.05) is 0 Å². The third-order valence-corrected chi connectivity index (χ3v) is 4.14. The number of halogens is 1. The molecule has 0 radical (unpaired) electrons. The maximum Gasteiger partial charge on any atom is 0.348 e. The summed E-state index contributed by atoms with van der Waals surface area (Å²) in [5.74, 6) is -2.65. The van der Waals surface area contributed by atoms with Gasteiger partial charge in [-0.05, 0) is 37.1 Å². The zero-order chi connectivity index (χ0) is 15.7. The molecule has 0 aromatic heterocycles. The van der Waals surface area contributed by atoms with Crippen LogP contribution < -0.4 is 0 Å². The van der Waals surface area contributed by atoms with Crippen molar-refractivity contribution in [3.8, 4) is 5.75 Å². The van der Waals surface area contributed by atoms with E-state index in [4.69, 9.17) is 21.1 Å². The Hall–Kier alpha value is -2.01. The van der Waals surface area contributed by atoms with Crippen LogP contribution in [0.2, 0.25) is 5.02 Å². The van der Waals surface area contributed by atoms with Gasteiger partial charge in [-0.15, -0.1) is 0 Å². The molecule has 22 heavy (non-hydrogen) atoms. The van der Waals surface area contributed by atoms with Gasteiger partial charge < -0.3 is 14.6 Å². The minimum absolute atomic E-state index is 0.0875. The van der Waals surface area contributed by atoms with E-state index in [1.54, 1.807) is 0 Å². The molecular weight excluding hydrogens is 308 g/mol. The van der Waals surface area contributed by atoms with Gasteiger partial charge >= 0.3 is 11.9 Å². The molecule has 1 saturated heterocycles. The average molecular weight is 323 g/mol. The number of esters is 2. The van der Waals surface area contributed by atoms with E-state index in [0.29, 0.717) is 17.9 Å². The van der Waals surface area contributed by atoms with Crippen LogP contribution in [0, 0.1) is 0 Å². The zero-order valence-electron chi connectivity index (χ0n) is 11.8. The van der Waals surface area contributed by atoms with Crippen LogP contribution in [0.5, 0.6) is 5.75 Å². The lowest BCUT2D eigenvalue weighted by atomic mass is 9.93. The third kappa shape index (κ3) is 2.81. The SMILES string of the molecule is O=C1OC2(CCCCC2)OC(=O)C1=Cc1cc(Cl)ccc1O. The van der Waals surface area contributed by atoms with Crippen molar-refractivity contribution in [2.24, 2.45) is 0 Å². The van der Waals surface area contributed by atoms with E-state index in [2.05, 4.69) is 0 Å². The molecule has 1 aliphatic carbocycles. The molecule has 1 saturated carbocycles. The molecule has 2 fully saturated rings. The summed E-state index contributed by atoms with van der Waals surface area (Å²) >= 11 is 5.85. The Morgan fingerprint density at radius 3 is 2.36 bits per heavy atom. The first-order valence-electron chi connectivity index (χ1n) is 7.16. The molecule has 116 valence electrons. The van der Waals surface area contributed by atoms with Crippen LogP contribution in [0.25, 0.3) is 6.08 Å². The zero-order valence-corrected chi connectivity index (χ0v) is 12.6. The van der Waals surface area contributed by atoms with Crippen molar-refractivity contribution < 1.29 is 24.2 Å². The number of carbonyl (C=O) groups excluding carboxylic acids is 2. The number of carbonyl (C=O) groups is 2. The Morgan fingerprint density at radius 2 is 1.73 bits per heavy atom. The minimum atomic E-state index is -1.11. The summed E-state index contributed by atoms with van der Waals surface area (Å²) in [5.41, 5.74) is 0.0183. The summed E-state index contributed by atoms with van der Waals surface area (Å²) in [7, 11) is 0. The van der Waals surface area contributed by atoms with Gasteiger partial charge in [0.05, 0.1) is 0 Å². The van der Waals surface area contributed by atoms with Gasteiger partial charge in [-0.2, -0.15) is 0 Å². The van der Waals surface area contributed by atoms with Crippen LogP contribution >= 0.6 is 11.6 Å². The first kappa shape index (κ1) is 14.9. The molecule has 3 rings (SSSR count). The second-order valence-electron chi connectivity index (χ2n) is 5.51. The molecule has 0 unspecified atom stereocenters. The summed E-state index contributed by atoms with van der Waals surface area (Å²) in [5, 5.41) is 10.2. The molecule has 0 atom stereocenters. The van der Waals surface area contributed by atoms with Crippen molar-refractivity contribution in [2.45, 2.75) is 37.9 Å². The second-order valence-corrected chi connectivity index (χ2v) is 5.95. The normalized spacial score (nSPS) is 20.5. The third-order valence-electron chi connectivity index (χ3n) is 3.90. The fraction of sp³-hybridized carbons (Fsp3) is 0.375. The summed E-state index contributed by atoms with van der Waals surface area (Å²) < 4.78 is 10.8. The fourth-order valence-electron chi connectivity index (χ4n) is 2.76. The monoisotopic (exact) mass is 322 g/mol. The molecule has 1 N–H and O–H groups in total. The van der Waals surface area contributed by atoms with E-state index in [0.717, 1.165) is 19.3 Å². The highest BCUT2D eigenvalue weighted by molar-refractivity contribution is 6.30. The lowest BCUT2D eigenvalue weighted by Crippen LogP contribution is -2.47. The second kappa shape index (κ2) is 5.65. The predicted molar refractivity (Wildman–Crippen MR) is 79.1 cm³/mol. The summed E-state index contributed by atoms with van der Waals surface area (Å²) in [6.07, 6.45) is 5.04. The summed E-state index contributed by atoms with van der Waals surface area (Å²) in [6, 6.07) is 4.35. The van der Waals surface area contributed by atoms with Crippen LogP contribution in [-0.2, 0) is 19.1 Å². The molecule has 1 spiro atoms. The number of phenolic OH excluding ortho intramolecular Hbond substituents is 1. The first-order chi connectivity index (χ1) is 10.5. The Bertz CT molecular complexity index is 637. The van der Waals surface area contributed by atoms with Crippen LogP contribution in [0.3, 0.4) is 0 Å². The van der Waals surface area contributed by atoms with Gasteiger partial charge in [0.15, 0.2) is 0 Å². The highest BCUT2D eigenvalue weighted by Crippen LogP contribution is 2.37. The number of benzene rings is 1. The minimum Gasteiger partial charge on any atom is -0.507 e. The predicted octanol–water partition coefficient (Wildman–Crippen LogP) is 3.19.